The molecule has 0 radical (unpaired) electrons. The van der Waals surface area contributed by atoms with Crippen LogP contribution in [0, 0.1) is 11.7 Å². The van der Waals surface area contributed by atoms with Crippen LogP contribution in [-0.2, 0) is 9.53 Å². The number of benzene rings is 1. The SMILES string of the molecule is CCOC(=O)C1CCC(NC(C)c2cccc(F)c2)CC1. The molecule has 0 amide bonds. The summed E-state index contributed by atoms with van der Waals surface area (Å²) in [5, 5.41) is 3.54. The lowest BCUT2D eigenvalue weighted by Crippen LogP contribution is -2.36. The number of halogens is 1. The van der Waals surface area contributed by atoms with Gasteiger partial charge in [0.15, 0.2) is 0 Å². The van der Waals surface area contributed by atoms with Crippen molar-refractivity contribution >= 4 is 5.97 Å². The van der Waals surface area contributed by atoms with Crippen LogP contribution in [-0.4, -0.2) is 18.6 Å². The first-order chi connectivity index (χ1) is 10.1. The molecule has 1 saturated carbocycles. The van der Waals surface area contributed by atoms with Gasteiger partial charge >= 0.3 is 5.97 Å². The van der Waals surface area contributed by atoms with Crippen molar-refractivity contribution in [2.24, 2.45) is 5.92 Å². The number of rotatable bonds is 5. The molecule has 0 bridgehead atoms. The molecule has 1 atom stereocenters. The molecular formula is C17H24FNO2. The second-order valence-electron chi connectivity index (χ2n) is 5.74. The third-order valence-corrected chi connectivity index (χ3v) is 4.18. The first kappa shape index (κ1) is 16.0. The smallest absolute Gasteiger partial charge is 0.308 e. The number of carbonyl (C=O) groups excluding carboxylic acids is 1. The molecule has 2 rings (SSSR count). The highest BCUT2D eigenvalue weighted by molar-refractivity contribution is 5.72. The summed E-state index contributed by atoms with van der Waals surface area (Å²) in [7, 11) is 0. The number of ether oxygens (including phenoxy) is 1. The van der Waals surface area contributed by atoms with E-state index in [1.165, 1.54) is 6.07 Å². The van der Waals surface area contributed by atoms with Crippen LogP contribution in [0.3, 0.4) is 0 Å². The van der Waals surface area contributed by atoms with Gasteiger partial charge in [-0.15, -0.1) is 0 Å². The fraction of sp³-hybridized carbons (Fsp3) is 0.588. The summed E-state index contributed by atoms with van der Waals surface area (Å²) in [5.41, 5.74) is 0.961. The Kier molecular flexibility index (Phi) is 5.74. The van der Waals surface area contributed by atoms with Crippen LogP contribution in [0.4, 0.5) is 4.39 Å². The van der Waals surface area contributed by atoms with Crippen LogP contribution in [0.5, 0.6) is 0 Å². The fourth-order valence-electron chi connectivity index (χ4n) is 2.98. The van der Waals surface area contributed by atoms with Crippen molar-refractivity contribution in [3.63, 3.8) is 0 Å². The Morgan fingerprint density at radius 2 is 2.10 bits per heavy atom. The summed E-state index contributed by atoms with van der Waals surface area (Å²) in [6.45, 7) is 4.34. The molecule has 116 valence electrons. The van der Waals surface area contributed by atoms with Gasteiger partial charge in [0, 0.05) is 12.1 Å². The molecule has 1 aromatic carbocycles. The minimum atomic E-state index is -0.202. The van der Waals surface area contributed by atoms with Crippen molar-refractivity contribution in [3.05, 3.63) is 35.6 Å². The number of hydrogen-bond acceptors (Lipinski definition) is 3. The van der Waals surface area contributed by atoms with Crippen LogP contribution < -0.4 is 5.32 Å². The Balaban J connectivity index is 1.82. The van der Waals surface area contributed by atoms with Crippen molar-refractivity contribution in [2.75, 3.05) is 6.61 Å². The van der Waals surface area contributed by atoms with Gasteiger partial charge in [-0.3, -0.25) is 4.79 Å². The standard InChI is InChI=1S/C17H24FNO2/c1-3-21-17(20)13-7-9-16(10-8-13)19-12(2)14-5-4-6-15(18)11-14/h4-6,11-13,16,19H,3,7-10H2,1-2H3. The van der Waals surface area contributed by atoms with Crippen LogP contribution in [0.2, 0.25) is 0 Å². The molecule has 1 fully saturated rings. The summed E-state index contributed by atoms with van der Waals surface area (Å²) < 4.78 is 18.3. The first-order valence-corrected chi connectivity index (χ1v) is 7.78. The highest BCUT2D eigenvalue weighted by Gasteiger charge is 2.27. The third-order valence-electron chi connectivity index (χ3n) is 4.18. The Morgan fingerprint density at radius 3 is 2.71 bits per heavy atom. The second kappa shape index (κ2) is 7.55. The Bertz CT molecular complexity index is 470. The van der Waals surface area contributed by atoms with Gasteiger partial charge in [0.05, 0.1) is 12.5 Å². The van der Waals surface area contributed by atoms with Gasteiger partial charge in [-0.25, -0.2) is 4.39 Å². The topological polar surface area (TPSA) is 38.3 Å². The molecule has 0 aliphatic heterocycles. The average molecular weight is 293 g/mol. The van der Waals surface area contributed by atoms with Gasteiger partial charge in [0.25, 0.3) is 0 Å². The van der Waals surface area contributed by atoms with E-state index in [0.717, 1.165) is 31.2 Å². The second-order valence-corrected chi connectivity index (χ2v) is 5.74. The minimum Gasteiger partial charge on any atom is -0.466 e. The highest BCUT2D eigenvalue weighted by atomic mass is 19.1. The molecule has 1 N–H and O–H groups in total. The van der Waals surface area contributed by atoms with E-state index < -0.39 is 0 Å². The molecule has 4 heteroatoms. The quantitative estimate of drug-likeness (QED) is 0.843. The van der Waals surface area contributed by atoms with E-state index in [1.54, 1.807) is 12.1 Å². The maximum absolute atomic E-state index is 13.2. The predicted molar refractivity (Wildman–Crippen MR) is 80.3 cm³/mol. The van der Waals surface area contributed by atoms with Gasteiger partial charge in [-0.1, -0.05) is 12.1 Å². The number of nitrogens with one attached hydrogen (secondary N) is 1. The molecule has 1 aliphatic rings. The van der Waals surface area contributed by atoms with Crippen LogP contribution >= 0.6 is 0 Å². The minimum absolute atomic E-state index is 0.0486. The maximum atomic E-state index is 13.2. The van der Waals surface area contributed by atoms with E-state index in [2.05, 4.69) is 5.32 Å². The van der Waals surface area contributed by atoms with Crippen LogP contribution in [0.1, 0.15) is 51.1 Å². The maximum Gasteiger partial charge on any atom is 0.308 e. The first-order valence-electron chi connectivity index (χ1n) is 7.78. The molecule has 21 heavy (non-hydrogen) atoms. The van der Waals surface area contributed by atoms with Crippen molar-refractivity contribution in [1.29, 1.82) is 0 Å². The van der Waals surface area contributed by atoms with E-state index in [9.17, 15) is 9.18 Å². The normalized spacial score (nSPS) is 23.6. The van der Waals surface area contributed by atoms with E-state index in [4.69, 9.17) is 4.74 Å². The van der Waals surface area contributed by atoms with E-state index in [0.29, 0.717) is 12.6 Å². The lowest BCUT2D eigenvalue weighted by molar-refractivity contribution is -0.149. The molecule has 1 aliphatic carbocycles. The van der Waals surface area contributed by atoms with Gasteiger partial charge in [-0.05, 0) is 57.2 Å². The van der Waals surface area contributed by atoms with Crippen LogP contribution in [0.15, 0.2) is 24.3 Å². The molecule has 1 aromatic rings. The summed E-state index contributed by atoms with van der Waals surface area (Å²) in [4.78, 5) is 11.7. The largest absolute Gasteiger partial charge is 0.466 e. The number of carbonyl (C=O) groups is 1. The molecule has 1 unspecified atom stereocenters. The molecule has 3 nitrogen and oxygen atoms in total. The monoisotopic (exact) mass is 293 g/mol. The fourth-order valence-corrected chi connectivity index (χ4v) is 2.98. The molecular weight excluding hydrogens is 269 g/mol. The van der Waals surface area contributed by atoms with Crippen LogP contribution in [0.25, 0.3) is 0 Å². The number of hydrogen-bond donors (Lipinski definition) is 1. The zero-order valence-electron chi connectivity index (χ0n) is 12.8. The average Bonchev–Trinajstić information content (AvgIpc) is 2.48. The zero-order valence-corrected chi connectivity index (χ0v) is 12.8. The summed E-state index contributed by atoms with van der Waals surface area (Å²) in [6, 6.07) is 7.20. The van der Waals surface area contributed by atoms with Crippen molar-refractivity contribution < 1.29 is 13.9 Å². The Morgan fingerprint density at radius 1 is 1.38 bits per heavy atom. The Hall–Kier alpha value is -1.42. The lowest BCUT2D eigenvalue weighted by Gasteiger charge is -2.30. The van der Waals surface area contributed by atoms with Crippen molar-refractivity contribution in [3.8, 4) is 0 Å². The Labute approximate surface area is 125 Å². The third kappa shape index (κ3) is 4.53. The van der Waals surface area contributed by atoms with Gasteiger partial charge in [0.2, 0.25) is 0 Å². The summed E-state index contributed by atoms with van der Waals surface area (Å²) in [6.07, 6.45) is 3.66. The van der Waals surface area contributed by atoms with Gasteiger partial charge < -0.3 is 10.1 Å². The molecule has 0 spiro atoms. The van der Waals surface area contributed by atoms with E-state index in [-0.39, 0.29) is 23.7 Å². The summed E-state index contributed by atoms with van der Waals surface area (Å²) >= 11 is 0. The van der Waals surface area contributed by atoms with Gasteiger partial charge in [0.1, 0.15) is 5.82 Å². The van der Waals surface area contributed by atoms with Gasteiger partial charge in [-0.2, -0.15) is 0 Å². The highest BCUT2D eigenvalue weighted by Crippen LogP contribution is 2.27. The number of esters is 1. The van der Waals surface area contributed by atoms with E-state index >= 15 is 0 Å². The zero-order chi connectivity index (χ0) is 15.2. The van der Waals surface area contributed by atoms with E-state index in [1.807, 2.05) is 19.9 Å². The lowest BCUT2D eigenvalue weighted by atomic mass is 9.85. The predicted octanol–water partition coefficient (Wildman–Crippen LogP) is 3.60. The van der Waals surface area contributed by atoms with Crippen molar-refractivity contribution in [2.45, 2.75) is 51.6 Å². The molecule has 0 saturated heterocycles. The summed E-state index contributed by atoms with van der Waals surface area (Å²) in [5.74, 6) is -0.214. The van der Waals surface area contributed by atoms with Crippen molar-refractivity contribution in [1.82, 2.24) is 5.32 Å². The molecule has 0 heterocycles. The molecule has 0 aromatic heterocycles.